The Hall–Kier alpha value is -4.17. The van der Waals surface area contributed by atoms with Crippen molar-refractivity contribution >= 4 is 23.4 Å². The molecule has 5 rings (SSSR count). The van der Waals surface area contributed by atoms with Crippen LogP contribution in [0.25, 0.3) is 0 Å². The molecule has 2 unspecified atom stereocenters. The number of anilines is 1. The van der Waals surface area contributed by atoms with Crippen LogP contribution in [0.4, 0.5) is 5.69 Å². The fourth-order valence-corrected chi connectivity index (χ4v) is 5.13. The molecule has 2 atom stereocenters. The van der Waals surface area contributed by atoms with Crippen molar-refractivity contribution in [3.63, 3.8) is 0 Å². The molecule has 1 saturated heterocycles. The summed E-state index contributed by atoms with van der Waals surface area (Å²) < 4.78 is 11.0. The van der Waals surface area contributed by atoms with Gasteiger partial charge in [0.2, 0.25) is 11.8 Å². The summed E-state index contributed by atoms with van der Waals surface area (Å²) in [5.41, 5.74) is 3.40. The molecule has 0 spiro atoms. The summed E-state index contributed by atoms with van der Waals surface area (Å²) in [5, 5.41) is 3.03. The van der Waals surface area contributed by atoms with Crippen molar-refractivity contribution in [2.75, 3.05) is 19.1 Å². The predicted octanol–water partition coefficient (Wildman–Crippen LogP) is 3.08. The largest absolute Gasteiger partial charge is 0.493 e. The first kappa shape index (κ1) is 24.5. The number of ether oxygens (including phenoxy) is 2. The van der Waals surface area contributed by atoms with Gasteiger partial charge in [0.15, 0.2) is 11.5 Å². The number of amides is 3. The van der Waals surface area contributed by atoms with Gasteiger partial charge in [-0.1, -0.05) is 48.5 Å². The third-order valence-corrected chi connectivity index (χ3v) is 7.02. The minimum Gasteiger partial charge on any atom is -0.493 e. The van der Waals surface area contributed by atoms with Crippen molar-refractivity contribution in [3.8, 4) is 11.5 Å². The van der Waals surface area contributed by atoms with Crippen LogP contribution in [-0.2, 0) is 33.9 Å². The standard InChI is InChI=1S/C29H29N3O5/c1-36-25-14-20-13-23(28(34)30-17-19-9-5-3-6-10-19)31(18-21(20)15-26(25)37-2)24-16-27(33)32(29(24)35)22-11-7-4-8-12-22/h3-12,14-15,23-24H,13,16-18H2,1-2H3,(H,30,34). The number of carbonyl (C=O) groups excluding carboxylic acids is 3. The van der Waals surface area contributed by atoms with E-state index in [0.717, 1.165) is 16.7 Å². The van der Waals surface area contributed by atoms with E-state index in [0.29, 0.717) is 36.7 Å². The summed E-state index contributed by atoms with van der Waals surface area (Å²) in [6.07, 6.45) is 0.387. The maximum absolute atomic E-state index is 13.6. The highest BCUT2D eigenvalue weighted by atomic mass is 16.5. The van der Waals surface area contributed by atoms with Crippen LogP contribution in [0.5, 0.6) is 11.5 Å². The molecular formula is C29H29N3O5. The number of hydrogen-bond donors (Lipinski definition) is 1. The summed E-state index contributed by atoms with van der Waals surface area (Å²) in [6.45, 7) is 0.696. The van der Waals surface area contributed by atoms with Gasteiger partial charge in [0.05, 0.1) is 38.4 Å². The van der Waals surface area contributed by atoms with E-state index in [-0.39, 0.29) is 24.1 Å². The summed E-state index contributed by atoms with van der Waals surface area (Å²) >= 11 is 0. The Morgan fingerprint density at radius 3 is 2.16 bits per heavy atom. The lowest BCUT2D eigenvalue weighted by atomic mass is 9.91. The lowest BCUT2D eigenvalue weighted by Gasteiger charge is -2.39. The molecule has 2 heterocycles. The van der Waals surface area contributed by atoms with Crippen molar-refractivity contribution < 1.29 is 23.9 Å². The van der Waals surface area contributed by atoms with Gasteiger partial charge in [0.1, 0.15) is 0 Å². The summed E-state index contributed by atoms with van der Waals surface area (Å²) in [7, 11) is 3.14. The molecule has 0 bridgehead atoms. The minimum atomic E-state index is -0.749. The first-order chi connectivity index (χ1) is 18.0. The van der Waals surface area contributed by atoms with Crippen molar-refractivity contribution in [2.45, 2.75) is 38.0 Å². The molecule has 3 amide bonds. The van der Waals surface area contributed by atoms with E-state index in [1.54, 1.807) is 38.5 Å². The van der Waals surface area contributed by atoms with E-state index in [4.69, 9.17) is 9.47 Å². The zero-order valence-corrected chi connectivity index (χ0v) is 20.8. The van der Waals surface area contributed by atoms with Gasteiger partial charge in [-0.3, -0.25) is 19.3 Å². The quantitative estimate of drug-likeness (QED) is 0.503. The van der Waals surface area contributed by atoms with E-state index in [2.05, 4.69) is 5.32 Å². The lowest BCUT2D eigenvalue weighted by Crippen LogP contribution is -2.55. The number of para-hydroxylation sites is 1. The fraction of sp³-hybridized carbons (Fsp3) is 0.276. The molecule has 8 heteroatoms. The molecule has 3 aromatic rings. The molecule has 2 aliphatic rings. The van der Waals surface area contributed by atoms with E-state index >= 15 is 0 Å². The molecule has 8 nitrogen and oxygen atoms in total. The highest BCUT2D eigenvalue weighted by molar-refractivity contribution is 6.22. The topological polar surface area (TPSA) is 88.2 Å². The van der Waals surface area contributed by atoms with Gasteiger partial charge < -0.3 is 14.8 Å². The molecular weight excluding hydrogens is 470 g/mol. The molecule has 1 fully saturated rings. The zero-order valence-electron chi connectivity index (χ0n) is 20.8. The van der Waals surface area contributed by atoms with Crippen LogP contribution in [0.1, 0.15) is 23.1 Å². The van der Waals surface area contributed by atoms with E-state index in [9.17, 15) is 14.4 Å². The smallest absolute Gasteiger partial charge is 0.251 e. The zero-order chi connectivity index (χ0) is 25.9. The van der Waals surface area contributed by atoms with Gasteiger partial charge in [-0.15, -0.1) is 0 Å². The van der Waals surface area contributed by atoms with Crippen molar-refractivity contribution in [1.82, 2.24) is 10.2 Å². The minimum absolute atomic E-state index is 0.0127. The van der Waals surface area contributed by atoms with Gasteiger partial charge in [0, 0.05) is 13.1 Å². The maximum Gasteiger partial charge on any atom is 0.251 e. The first-order valence-electron chi connectivity index (χ1n) is 12.2. The second-order valence-electron chi connectivity index (χ2n) is 9.19. The van der Waals surface area contributed by atoms with Crippen molar-refractivity contribution in [2.24, 2.45) is 0 Å². The summed E-state index contributed by atoms with van der Waals surface area (Å²) in [6, 6.07) is 21.0. The Morgan fingerprint density at radius 2 is 1.51 bits per heavy atom. The number of carbonyl (C=O) groups is 3. The Morgan fingerprint density at radius 1 is 0.892 bits per heavy atom. The van der Waals surface area contributed by atoms with Crippen molar-refractivity contribution in [1.29, 1.82) is 0 Å². The van der Waals surface area contributed by atoms with Crippen LogP contribution in [-0.4, -0.2) is 48.9 Å². The first-order valence-corrected chi connectivity index (χ1v) is 12.2. The van der Waals surface area contributed by atoms with Gasteiger partial charge >= 0.3 is 0 Å². The molecule has 0 saturated carbocycles. The Balaban J connectivity index is 1.47. The molecule has 0 radical (unpaired) electrons. The number of imide groups is 1. The highest BCUT2D eigenvalue weighted by Gasteiger charge is 2.47. The lowest BCUT2D eigenvalue weighted by molar-refractivity contribution is -0.131. The van der Waals surface area contributed by atoms with Crippen LogP contribution in [0.2, 0.25) is 0 Å². The molecule has 190 valence electrons. The average molecular weight is 500 g/mol. The van der Waals surface area contributed by atoms with Crippen LogP contribution in [0.15, 0.2) is 72.8 Å². The number of hydrogen-bond acceptors (Lipinski definition) is 6. The normalized spacial score (nSPS) is 19.5. The van der Waals surface area contributed by atoms with Gasteiger partial charge in [0.25, 0.3) is 5.91 Å². The van der Waals surface area contributed by atoms with Crippen LogP contribution < -0.4 is 19.7 Å². The Kier molecular flexibility index (Phi) is 6.92. The van der Waals surface area contributed by atoms with Crippen molar-refractivity contribution in [3.05, 3.63) is 89.5 Å². The monoisotopic (exact) mass is 499 g/mol. The molecule has 1 N–H and O–H groups in total. The number of methoxy groups -OCH3 is 2. The second kappa shape index (κ2) is 10.4. The Bertz CT molecular complexity index is 1310. The van der Waals surface area contributed by atoms with Gasteiger partial charge in [-0.05, 0) is 47.4 Å². The summed E-state index contributed by atoms with van der Waals surface area (Å²) in [5.74, 6) is 0.375. The number of fused-ring (bicyclic) bond motifs is 1. The SMILES string of the molecule is COc1cc2c(cc1OC)CN(C1CC(=O)N(c3ccccc3)C1=O)C(C(=O)NCc1ccccc1)C2. The van der Waals surface area contributed by atoms with E-state index in [1.165, 1.54) is 4.90 Å². The third-order valence-electron chi connectivity index (χ3n) is 7.02. The molecule has 0 aromatic heterocycles. The predicted molar refractivity (Wildman–Crippen MR) is 138 cm³/mol. The molecule has 3 aromatic carbocycles. The van der Waals surface area contributed by atoms with Crippen LogP contribution in [0.3, 0.4) is 0 Å². The molecule has 0 aliphatic carbocycles. The van der Waals surface area contributed by atoms with E-state index < -0.39 is 12.1 Å². The van der Waals surface area contributed by atoms with Gasteiger partial charge in [-0.25, -0.2) is 4.90 Å². The number of nitrogens with zero attached hydrogens (tertiary/aromatic N) is 2. The number of nitrogens with one attached hydrogen (secondary N) is 1. The molecule has 37 heavy (non-hydrogen) atoms. The average Bonchev–Trinajstić information content (AvgIpc) is 3.24. The van der Waals surface area contributed by atoms with Crippen LogP contribution in [0, 0.1) is 0 Å². The second-order valence-corrected chi connectivity index (χ2v) is 9.19. The van der Waals surface area contributed by atoms with Crippen LogP contribution >= 0.6 is 0 Å². The fourth-order valence-electron chi connectivity index (χ4n) is 5.13. The van der Waals surface area contributed by atoms with Gasteiger partial charge in [-0.2, -0.15) is 0 Å². The maximum atomic E-state index is 13.6. The third kappa shape index (κ3) is 4.80. The number of rotatable bonds is 7. The Labute approximate surface area is 215 Å². The highest BCUT2D eigenvalue weighted by Crippen LogP contribution is 2.37. The summed E-state index contributed by atoms with van der Waals surface area (Å²) in [4.78, 5) is 43.2. The number of benzene rings is 3. The molecule has 2 aliphatic heterocycles. The van der Waals surface area contributed by atoms with E-state index in [1.807, 2.05) is 53.4 Å².